The van der Waals surface area contributed by atoms with Crippen LogP contribution in [0.5, 0.6) is 0 Å². The van der Waals surface area contributed by atoms with Crippen LogP contribution in [-0.4, -0.2) is 47.7 Å². The number of halogens is 1. The molecule has 4 rings (SSSR count). The quantitative estimate of drug-likeness (QED) is 0.236. The summed E-state index contributed by atoms with van der Waals surface area (Å²) in [6.45, 7) is 5.16. The van der Waals surface area contributed by atoms with Gasteiger partial charge in [-0.2, -0.15) is 5.10 Å². The summed E-state index contributed by atoms with van der Waals surface area (Å²) in [5.74, 6) is -0.100. The van der Waals surface area contributed by atoms with Crippen LogP contribution in [-0.2, 0) is 6.54 Å². The lowest BCUT2D eigenvalue weighted by Gasteiger charge is -2.31. The molecule has 38 heavy (non-hydrogen) atoms. The summed E-state index contributed by atoms with van der Waals surface area (Å²) < 4.78 is 0.716. The third-order valence-electron chi connectivity index (χ3n) is 6.80. The number of hydrazone groups is 1. The SMILES string of the molecule is Cc1ccc(/C=N/NC(=O)c2cc(Br)ccc2NC(=O)c2ccc(CN3CCC(CCO)CC3)cc2)cc1. The minimum Gasteiger partial charge on any atom is -0.396 e. The normalized spacial score (nSPS) is 14.5. The lowest BCUT2D eigenvalue weighted by Crippen LogP contribution is -2.33. The number of benzene rings is 3. The fourth-order valence-electron chi connectivity index (χ4n) is 4.52. The maximum absolute atomic E-state index is 13.0. The van der Waals surface area contributed by atoms with Gasteiger partial charge in [0.1, 0.15) is 0 Å². The number of hydrogen-bond donors (Lipinski definition) is 3. The number of likely N-dealkylation sites (tertiary alicyclic amines) is 1. The van der Waals surface area contributed by atoms with Gasteiger partial charge in [0.2, 0.25) is 0 Å². The molecule has 1 saturated heterocycles. The minimum absolute atomic E-state index is 0.266. The first-order valence-corrected chi connectivity index (χ1v) is 13.6. The van der Waals surface area contributed by atoms with Crippen molar-refractivity contribution in [2.45, 2.75) is 32.7 Å². The summed E-state index contributed by atoms with van der Waals surface area (Å²) in [5.41, 5.74) is 6.92. The number of aliphatic hydroxyl groups excluding tert-OH is 1. The number of nitrogens with zero attached hydrogens (tertiary/aromatic N) is 2. The van der Waals surface area contributed by atoms with Crippen LogP contribution >= 0.6 is 15.9 Å². The van der Waals surface area contributed by atoms with Gasteiger partial charge in [-0.25, -0.2) is 5.43 Å². The topological polar surface area (TPSA) is 94.0 Å². The molecule has 7 nitrogen and oxygen atoms in total. The number of rotatable bonds is 9. The highest BCUT2D eigenvalue weighted by atomic mass is 79.9. The Balaban J connectivity index is 1.36. The first-order valence-electron chi connectivity index (χ1n) is 12.8. The number of aryl methyl sites for hydroxylation is 1. The van der Waals surface area contributed by atoms with Gasteiger partial charge in [-0.05, 0) is 86.7 Å². The Labute approximate surface area is 232 Å². The molecule has 0 aromatic heterocycles. The molecule has 8 heteroatoms. The van der Waals surface area contributed by atoms with Crippen LogP contribution in [0.3, 0.4) is 0 Å². The van der Waals surface area contributed by atoms with E-state index in [4.69, 9.17) is 5.11 Å². The Kier molecular flexibility index (Phi) is 9.81. The molecule has 3 N–H and O–H groups in total. The van der Waals surface area contributed by atoms with Gasteiger partial charge in [-0.15, -0.1) is 0 Å². The van der Waals surface area contributed by atoms with Gasteiger partial charge in [-0.1, -0.05) is 57.9 Å². The molecule has 3 aromatic carbocycles. The number of nitrogens with one attached hydrogen (secondary N) is 2. The lowest BCUT2D eigenvalue weighted by molar-refractivity contribution is 0.0956. The molecule has 0 saturated carbocycles. The van der Waals surface area contributed by atoms with E-state index in [1.165, 1.54) is 0 Å². The fraction of sp³-hybridized carbons (Fsp3) is 0.300. The zero-order valence-corrected chi connectivity index (χ0v) is 23.1. The second-order valence-electron chi connectivity index (χ2n) is 9.68. The maximum atomic E-state index is 13.0. The van der Waals surface area contributed by atoms with Gasteiger partial charge in [-0.3, -0.25) is 14.5 Å². The van der Waals surface area contributed by atoms with Gasteiger partial charge in [0.15, 0.2) is 0 Å². The minimum atomic E-state index is -0.428. The summed E-state index contributed by atoms with van der Waals surface area (Å²) >= 11 is 3.40. The summed E-state index contributed by atoms with van der Waals surface area (Å²) in [6, 6.07) is 20.5. The molecule has 0 radical (unpaired) electrons. The molecule has 2 amide bonds. The van der Waals surface area contributed by atoms with E-state index in [1.54, 1.807) is 24.4 Å². The maximum Gasteiger partial charge on any atom is 0.273 e. The molecular weight excluding hydrogens is 544 g/mol. The molecule has 1 aliphatic rings. The van der Waals surface area contributed by atoms with Crippen molar-refractivity contribution in [3.05, 3.63) is 99.0 Å². The highest BCUT2D eigenvalue weighted by Crippen LogP contribution is 2.23. The van der Waals surface area contributed by atoms with E-state index in [0.29, 0.717) is 27.2 Å². The van der Waals surface area contributed by atoms with Crippen LogP contribution in [0.1, 0.15) is 56.7 Å². The van der Waals surface area contributed by atoms with E-state index in [2.05, 4.69) is 36.7 Å². The molecule has 1 fully saturated rings. The van der Waals surface area contributed by atoms with Crippen LogP contribution in [0, 0.1) is 12.8 Å². The number of amides is 2. The van der Waals surface area contributed by atoms with Crippen LogP contribution in [0.15, 0.2) is 76.3 Å². The van der Waals surface area contributed by atoms with Crippen LogP contribution < -0.4 is 10.7 Å². The third kappa shape index (κ3) is 7.84. The van der Waals surface area contributed by atoms with Gasteiger partial charge in [0, 0.05) is 23.2 Å². The molecule has 0 bridgehead atoms. The third-order valence-corrected chi connectivity index (χ3v) is 7.29. The summed E-state index contributed by atoms with van der Waals surface area (Å²) in [4.78, 5) is 28.3. The first kappa shape index (κ1) is 27.7. The molecule has 198 valence electrons. The van der Waals surface area contributed by atoms with Gasteiger partial charge < -0.3 is 10.4 Å². The number of anilines is 1. The number of aliphatic hydroxyl groups is 1. The zero-order valence-electron chi connectivity index (χ0n) is 21.5. The number of hydrogen-bond acceptors (Lipinski definition) is 5. The number of carbonyl (C=O) groups is 2. The lowest BCUT2D eigenvalue weighted by atomic mass is 9.93. The van der Waals surface area contributed by atoms with Crippen molar-refractivity contribution in [3.8, 4) is 0 Å². The zero-order chi connectivity index (χ0) is 26.9. The Morgan fingerprint density at radius 3 is 2.42 bits per heavy atom. The molecule has 0 spiro atoms. The monoisotopic (exact) mass is 576 g/mol. The van der Waals surface area contributed by atoms with E-state index in [-0.39, 0.29) is 12.5 Å². The Hall–Kier alpha value is -3.33. The Bertz CT molecular complexity index is 1270. The van der Waals surface area contributed by atoms with Crippen molar-refractivity contribution < 1.29 is 14.7 Å². The van der Waals surface area contributed by atoms with E-state index in [1.807, 2.05) is 55.5 Å². The standard InChI is InChI=1S/C30H33BrN4O3/c1-21-2-4-23(5-3-21)19-32-34-30(38)27-18-26(31)10-11-28(27)33-29(37)25-8-6-24(7-9-25)20-35-15-12-22(13-16-35)14-17-36/h2-11,18-19,22,36H,12-17,20H2,1H3,(H,33,37)(H,34,38)/b32-19+. The highest BCUT2D eigenvalue weighted by molar-refractivity contribution is 9.10. The number of piperidine rings is 1. The van der Waals surface area contributed by atoms with Crippen molar-refractivity contribution in [2.75, 3.05) is 25.0 Å². The fourth-order valence-corrected chi connectivity index (χ4v) is 4.88. The van der Waals surface area contributed by atoms with E-state index in [9.17, 15) is 9.59 Å². The molecule has 0 unspecified atom stereocenters. The van der Waals surface area contributed by atoms with Crippen molar-refractivity contribution in [1.29, 1.82) is 0 Å². The largest absolute Gasteiger partial charge is 0.396 e. The molecule has 1 heterocycles. The van der Waals surface area contributed by atoms with Crippen LogP contribution in [0.2, 0.25) is 0 Å². The summed E-state index contributed by atoms with van der Waals surface area (Å²) in [5, 5.41) is 16.1. The van der Waals surface area contributed by atoms with Gasteiger partial charge in [0.25, 0.3) is 11.8 Å². The van der Waals surface area contributed by atoms with E-state index < -0.39 is 5.91 Å². The smallest absolute Gasteiger partial charge is 0.273 e. The van der Waals surface area contributed by atoms with Crippen molar-refractivity contribution >= 4 is 39.6 Å². The average Bonchev–Trinajstić information content (AvgIpc) is 2.92. The highest BCUT2D eigenvalue weighted by Gasteiger charge is 2.19. The molecule has 0 aliphatic carbocycles. The predicted octanol–water partition coefficient (Wildman–Crippen LogP) is 5.37. The Morgan fingerprint density at radius 2 is 1.74 bits per heavy atom. The average molecular weight is 578 g/mol. The van der Waals surface area contributed by atoms with Crippen LogP contribution in [0.25, 0.3) is 0 Å². The van der Waals surface area contributed by atoms with Crippen LogP contribution in [0.4, 0.5) is 5.69 Å². The first-order chi connectivity index (χ1) is 18.4. The van der Waals surface area contributed by atoms with Crippen molar-refractivity contribution in [3.63, 3.8) is 0 Å². The predicted molar refractivity (Wildman–Crippen MR) is 154 cm³/mol. The summed E-state index contributed by atoms with van der Waals surface area (Å²) in [7, 11) is 0. The van der Waals surface area contributed by atoms with E-state index in [0.717, 1.165) is 55.6 Å². The second kappa shape index (κ2) is 13.5. The summed E-state index contributed by atoms with van der Waals surface area (Å²) in [6.07, 6.45) is 4.69. The number of carbonyl (C=O) groups excluding carboxylic acids is 2. The molecule has 3 aromatic rings. The Morgan fingerprint density at radius 1 is 1.03 bits per heavy atom. The van der Waals surface area contributed by atoms with E-state index >= 15 is 0 Å². The van der Waals surface area contributed by atoms with Crippen molar-refractivity contribution in [1.82, 2.24) is 10.3 Å². The van der Waals surface area contributed by atoms with Gasteiger partial charge in [0.05, 0.1) is 17.5 Å². The molecule has 0 atom stereocenters. The van der Waals surface area contributed by atoms with Crippen molar-refractivity contribution in [2.24, 2.45) is 11.0 Å². The molecule has 1 aliphatic heterocycles. The van der Waals surface area contributed by atoms with Gasteiger partial charge >= 0.3 is 0 Å². The molecular formula is C30H33BrN4O3. The second-order valence-corrected chi connectivity index (χ2v) is 10.6.